The second kappa shape index (κ2) is 11.3. The smallest absolute Gasteiger partial charge is 0.255 e. The average Bonchev–Trinajstić information content (AvgIpc) is 2.90. The quantitative estimate of drug-likeness (QED) is 0.477. The molecule has 4 rings (SSSR count). The number of halogens is 1. The first-order valence-electron chi connectivity index (χ1n) is 11.4. The molecule has 0 atom stereocenters. The van der Waals surface area contributed by atoms with Crippen molar-refractivity contribution in [1.82, 2.24) is 4.90 Å². The summed E-state index contributed by atoms with van der Waals surface area (Å²) in [6.45, 7) is 4.65. The third kappa shape index (κ3) is 5.81. The van der Waals surface area contributed by atoms with Gasteiger partial charge in [0.05, 0.1) is 21.3 Å². The van der Waals surface area contributed by atoms with Crippen LogP contribution < -0.4 is 24.4 Å². The minimum atomic E-state index is -0.259. The van der Waals surface area contributed by atoms with Gasteiger partial charge in [-0.25, -0.2) is 0 Å². The summed E-state index contributed by atoms with van der Waals surface area (Å²) in [5.41, 5.74) is 3.42. The summed E-state index contributed by atoms with van der Waals surface area (Å²) in [4.78, 5) is 17.6. The summed E-state index contributed by atoms with van der Waals surface area (Å²) >= 11 is 6.32. The van der Waals surface area contributed by atoms with Crippen LogP contribution in [0.3, 0.4) is 0 Å². The molecule has 0 aliphatic carbocycles. The number of carbonyl (C=O) groups is 1. The van der Waals surface area contributed by atoms with Crippen molar-refractivity contribution in [3.05, 3.63) is 76.8 Å². The fourth-order valence-electron chi connectivity index (χ4n) is 4.20. The zero-order chi connectivity index (χ0) is 24.8. The standard InChI is InChI=1S/C27H30ClN3O4/c1-33-24-16-20(17-25(34-2)26(24)35-3)27(32)29-21-8-10-22(11-9-21)31-14-12-30(13-15-31)18-19-6-4-5-7-23(19)28/h4-11,16-17H,12-15,18H2,1-3H3,(H,29,32). The van der Waals surface area contributed by atoms with Crippen LogP contribution in [0.1, 0.15) is 15.9 Å². The SMILES string of the molecule is COc1cc(C(=O)Nc2ccc(N3CCN(Cc4ccccc4Cl)CC3)cc2)cc(OC)c1OC. The molecule has 35 heavy (non-hydrogen) atoms. The minimum absolute atomic E-state index is 0.259. The molecule has 0 unspecified atom stereocenters. The predicted octanol–water partition coefficient (Wildman–Crippen LogP) is 4.94. The monoisotopic (exact) mass is 495 g/mol. The fourth-order valence-corrected chi connectivity index (χ4v) is 4.40. The number of hydrogen-bond acceptors (Lipinski definition) is 6. The van der Waals surface area contributed by atoms with Crippen LogP contribution in [0.4, 0.5) is 11.4 Å². The number of ether oxygens (including phenoxy) is 3. The highest BCUT2D eigenvalue weighted by Crippen LogP contribution is 2.38. The highest BCUT2D eigenvalue weighted by Gasteiger charge is 2.19. The van der Waals surface area contributed by atoms with Crippen molar-refractivity contribution in [3.63, 3.8) is 0 Å². The molecular weight excluding hydrogens is 466 g/mol. The Morgan fingerprint density at radius 3 is 2.09 bits per heavy atom. The van der Waals surface area contributed by atoms with Crippen molar-refractivity contribution in [2.24, 2.45) is 0 Å². The van der Waals surface area contributed by atoms with Crippen molar-refractivity contribution in [1.29, 1.82) is 0 Å². The molecule has 1 amide bonds. The van der Waals surface area contributed by atoms with Gasteiger partial charge in [-0.15, -0.1) is 0 Å². The number of amides is 1. The van der Waals surface area contributed by atoms with Crippen LogP contribution >= 0.6 is 11.6 Å². The molecule has 1 N–H and O–H groups in total. The number of carbonyl (C=O) groups excluding carboxylic acids is 1. The van der Waals surface area contributed by atoms with Gasteiger partial charge >= 0.3 is 0 Å². The van der Waals surface area contributed by atoms with Crippen molar-refractivity contribution >= 4 is 28.9 Å². The highest BCUT2D eigenvalue weighted by molar-refractivity contribution is 6.31. The number of nitrogens with one attached hydrogen (secondary N) is 1. The van der Waals surface area contributed by atoms with Crippen molar-refractivity contribution in [2.75, 3.05) is 57.7 Å². The van der Waals surface area contributed by atoms with Gasteiger partial charge < -0.3 is 24.4 Å². The van der Waals surface area contributed by atoms with Crippen molar-refractivity contribution in [3.8, 4) is 17.2 Å². The van der Waals surface area contributed by atoms with E-state index in [1.807, 2.05) is 42.5 Å². The number of piperazine rings is 1. The molecule has 0 aromatic heterocycles. The second-order valence-electron chi connectivity index (χ2n) is 8.27. The maximum atomic E-state index is 12.9. The Labute approximate surface area is 211 Å². The van der Waals surface area contributed by atoms with E-state index in [0.717, 1.165) is 49.0 Å². The Hall–Kier alpha value is -3.42. The maximum Gasteiger partial charge on any atom is 0.255 e. The fraction of sp³-hybridized carbons (Fsp3) is 0.296. The Kier molecular flexibility index (Phi) is 8.00. The molecular formula is C27H30ClN3O4. The largest absolute Gasteiger partial charge is 0.493 e. The molecule has 3 aromatic carbocycles. The number of benzene rings is 3. The molecule has 8 heteroatoms. The number of methoxy groups -OCH3 is 3. The van der Waals surface area contributed by atoms with Gasteiger partial charge in [0.25, 0.3) is 5.91 Å². The lowest BCUT2D eigenvalue weighted by molar-refractivity contribution is 0.102. The highest BCUT2D eigenvalue weighted by atomic mass is 35.5. The molecule has 1 saturated heterocycles. The number of nitrogens with zero attached hydrogens (tertiary/aromatic N) is 2. The van der Waals surface area contributed by atoms with Crippen LogP contribution in [0.25, 0.3) is 0 Å². The third-order valence-corrected chi connectivity index (χ3v) is 6.51. The van der Waals surface area contributed by atoms with Crippen molar-refractivity contribution in [2.45, 2.75) is 6.54 Å². The van der Waals surface area contributed by atoms with Crippen LogP contribution in [-0.4, -0.2) is 58.3 Å². The van der Waals surface area contributed by atoms with Gasteiger partial charge in [-0.1, -0.05) is 29.8 Å². The minimum Gasteiger partial charge on any atom is -0.493 e. The molecule has 1 aliphatic heterocycles. The first-order valence-corrected chi connectivity index (χ1v) is 11.8. The van der Waals surface area contributed by atoms with E-state index >= 15 is 0 Å². The Morgan fingerprint density at radius 1 is 0.886 bits per heavy atom. The lowest BCUT2D eigenvalue weighted by Gasteiger charge is -2.36. The molecule has 184 valence electrons. The summed E-state index contributed by atoms with van der Waals surface area (Å²) in [5.74, 6) is 1.05. The normalized spacial score (nSPS) is 13.9. The molecule has 1 aliphatic rings. The molecule has 0 saturated carbocycles. The molecule has 0 spiro atoms. The zero-order valence-electron chi connectivity index (χ0n) is 20.2. The van der Waals surface area contributed by atoms with E-state index in [2.05, 4.69) is 21.2 Å². The van der Waals surface area contributed by atoms with Gasteiger partial charge in [-0.05, 0) is 48.0 Å². The molecule has 7 nitrogen and oxygen atoms in total. The van der Waals surface area contributed by atoms with E-state index in [4.69, 9.17) is 25.8 Å². The lowest BCUT2D eigenvalue weighted by atomic mass is 10.1. The van der Waals surface area contributed by atoms with Crippen molar-refractivity contribution < 1.29 is 19.0 Å². The summed E-state index contributed by atoms with van der Waals surface area (Å²) in [6.07, 6.45) is 0. The molecule has 0 bridgehead atoms. The van der Waals surface area contributed by atoms with Crippen LogP contribution in [0.5, 0.6) is 17.2 Å². The van der Waals surface area contributed by atoms with Gasteiger partial charge in [0.15, 0.2) is 11.5 Å². The first kappa shape index (κ1) is 24.7. The van der Waals surface area contributed by atoms with Crippen LogP contribution in [0, 0.1) is 0 Å². The van der Waals surface area contributed by atoms with Gasteiger partial charge in [0.1, 0.15) is 0 Å². The summed E-state index contributed by atoms with van der Waals surface area (Å²) in [7, 11) is 4.57. The summed E-state index contributed by atoms with van der Waals surface area (Å²) in [5, 5.41) is 3.76. The second-order valence-corrected chi connectivity index (χ2v) is 8.68. The lowest BCUT2D eigenvalue weighted by Crippen LogP contribution is -2.46. The average molecular weight is 496 g/mol. The van der Waals surface area contributed by atoms with E-state index in [1.165, 1.54) is 21.3 Å². The van der Waals surface area contributed by atoms with Crippen LogP contribution in [0.2, 0.25) is 5.02 Å². The molecule has 1 heterocycles. The Morgan fingerprint density at radius 2 is 1.51 bits per heavy atom. The summed E-state index contributed by atoms with van der Waals surface area (Å²) < 4.78 is 16.0. The van der Waals surface area contributed by atoms with E-state index in [1.54, 1.807) is 12.1 Å². The molecule has 1 fully saturated rings. The third-order valence-electron chi connectivity index (χ3n) is 6.14. The number of anilines is 2. The summed E-state index contributed by atoms with van der Waals surface area (Å²) in [6, 6.07) is 19.2. The Balaban J connectivity index is 1.36. The first-order chi connectivity index (χ1) is 17.0. The van der Waals surface area contributed by atoms with Gasteiger partial charge in [0.2, 0.25) is 5.75 Å². The van der Waals surface area contributed by atoms with E-state index in [9.17, 15) is 4.79 Å². The predicted molar refractivity (Wildman–Crippen MR) is 139 cm³/mol. The zero-order valence-corrected chi connectivity index (χ0v) is 21.0. The number of rotatable bonds is 8. The molecule has 3 aromatic rings. The van der Waals surface area contributed by atoms with E-state index in [-0.39, 0.29) is 5.91 Å². The van der Waals surface area contributed by atoms with Gasteiger partial charge in [0, 0.05) is 54.7 Å². The topological polar surface area (TPSA) is 63.3 Å². The van der Waals surface area contributed by atoms with Crippen LogP contribution in [0.15, 0.2) is 60.7 Å². The van der Waals surface area contributed by atoms with Crippen LogP contribution in [-0.2, 0) is 6.54 Å². The van der Waals surface area contributed by atoms with Gasteiger partial charge in [-0.2, -0.15) is 0 Å². The van der Waals surface area contributed by atoms with E-state index < -0.39 is 0 Å². The van der Waals surface area contributed by atoms with E-state index in [0.29, 0.717) is 28.5 Å². The Bertz CT molecular complexity index is 1140. The molecule has 0 radical (unpaired) electrons. The van der Waals surface area contributed by atoms with Gasteiger partial charge in [-0.3, -0.25) is 9.69 Å². The maximum absolute atomic E-state index is 12.9. The number of hydrogen-bond donors (Lipinski definition) is 1.